The first-order valence-corrected chi connectivity index (χ1v) is 8.88. The minimum Gasteiger partial charge on any atom is -0.496 e. The van der Waals surface area contributed by atoms with Crippen LogP contribution in [0.5, 0.6) is 17.2 Å². The van der Waals surface area contributed by atoms with Crippen molar-refractivity contribution in [3.8, 4) is 28.7 Å². The van der Waals surface area contributed by atoms with Gasteiger partial charge in [0.05, 0.1) is 21.3 Å². The number of ether oxygens (including phenoxy) is 4. The minimum atomic E-state index is -0.757. The van der Waals surface area contributed by atoms with Crippen LogP contribution < -0.4 is 14.2 Å². The summed E-state index contributed by atoms with van der Waals surface area (Å²) in [5, 5.41) is 8.03. The van der Waals surface area contributed by atoms with Crippen molar-refractivity contribution in [3.05, 3.63) is 53.4 Å². The molecule has 0 aliphatic carbocycles. The fraction of sp³-hybridized carbons (Fsp3) is 0.286. The third-order valence-corrected chi connectivity index (χ3v) is 4.30. The molecular weight excluding hydrogens is 376 g/mol. The van der Waals surface area contributed by atoms with E-state index >= 15 is 0 Å². The molecule has 0 unspecified atom stereocenters. The van der Waals surface area contributed by atoms with Crippen molar-refractivity contribution in [2.75, 3.05) is 21.3 Å². The second-order valence-electron chi connectivity index (χ2n) is 6.27. The largest absolute Gasteiger partial charge is 0.496 e. The molecule has 8 heteroatoms. The molecule has 3 aromatic rings. The Morgan fingerprint density at radius 3 is 2.17 bits per heavy atom. The molecule has 0 spiro atoms. The standard InChI is InChI=1S/C21H22N2O6/c1-12-6-8-14(9-7-12)20-23-22-19(29-20)13(2)28-21(24)15-10-17(26-4)18(27-5)11-16(15)25-3/h6-11,13H,1-5H3/t13-/m0/s1. The molecule has 8 nitrogen and oxygen atoms in total. The van der Waals surface area contributed by atoms with Gasteiger partial charge in [-0.15, -0.1) is 10.2 Å². The Labute approximate surface area is 168 Å². The molecule has 0 radical (unpaired) electrons. The summed E-state index contributed by atoms with van der Waals surface area (Å²) in [6.07, 6.45) is -0.757. The van der Waals surface area contributed by atoms with Crippen LogP contribution in [0, 0.1) is 6.92 Å². The van der Waals surface area contributed by atoms with E-state index in [0.717, 1.165) is 11.1 Å². The third-order valence-electron chi connectivity index (χ3n) is 4.30. The summed E-state index contributed by atoms with van der Waals surface area (Å²) in [6.45, 7) is 3.64. The number of hydrogen-bond donors (Lipinski definition) is 0. The second kappa shape index (κ2) is 8.64. The quantitative estimate of drug-likeness (QED) is 0.552. The van der Waals surface area contributed by atoms with E-state index < -0.39 is 12.1 Å². The van der Waals surface area contributed by atoms with E-state index in [2.05, 4.69) is 10.2 Å². The van der Waals surface area contributed by atoms with Crippen LogP contribution in [0.25, 0.3) is 11.5 Å². The number of carbonyl (C=O) groups excluding carboxylic acids is 1. The number of benzene rings is 2. The van der Waals surface area contributed by atoms with E-state index in [4.69, 9.17) is 23.4 Å². The van der Waals surface area contributed by atoms with E-state index in [0.29, 0.717) is 23.1 Å². The number of aromatic nitrogens is 2. The van der Waals surface area contributed by atoms with Crippen molar-refractivity contribution in [1.82, 2.24) is 10.2 Å². The Morgan fingerprint density at radius 2 is 1.55 bits per heavy atom. The number of nitrogens with zero attached hydrogens (tertiary/aromatic N) is 2. The summed E-state index contributed by atoms with van der Waals surface area (Å²) in [5.41, 5.74) is 2.10. The molecular formula is C21H22N2O6. The molecule has 0 amide bonds. The fourth-order valence-electron chi connectivity index (χ4n) is 2.67. The number of aryl methyl sites for hydroxylation is 1. The summed E-state index contributed by atoms with van der Waals surface area (Å²) in [7, 11) is 4.43. The van der Waals surface area contributed by atoms with Gasteiger partial charge in [-0.2, -0.15) is 0 Å². The molecule has 0 N–H and O–H groups in total. The average Bonchev–Trinajstić information content (AvgIpc) is 3.23. The molecule has 152 valence electrons. The predicted octanol–water partition coefficient (Wildman–Crippen LogP) is 3.99. The van der Waals surface area contributed by atoms with Crippen LogP contribution in [0.3, 0.4) is 0 Å². The number of esters is 1. The van der Waals surface area contributed by atoms with E-state index in [-0.39, 0.29) is 11.5 Å². The zero-order valence-electron chi connectivity index (χ0n) is 16.9. The maximum absolute atomic E-state index is 12.7. The molecule has 0 aliphatic rings. The van der Waals surface area contributed by atoms with E-state index in [1.54, 1.807) is 13.0 Å². The van der Waals surface area contributed by atoms with Gasteiger partial charge in [-0.3, -0.25) is 0 Å². The lowest BCUT2D eigenvalue weighted by Gasteiger charge is -2.15. The van der Waals surface area contributed by atoms with Gasteiger partial charge in [0.25, 0.3) is 5.89 Å². The maximum atomic E-state index is 12.7. The van der Waals surface area contributed by atoms with Crippen LogP contribution in [-0.4, -0.2) is 37.5 Å². The van der Waals surface area contributed by atoms with Crippen LogP contribution in [0.2, 0.25) is 0 Å². The van der Waals surface area contributed by atoms with Gasteiger partial charge in [0, 0.05) is 17.7 Å². The minimum absolute atomic E-state index is 0.188. The van der Waals surface area contributed by atoms with Gasteiger partial charge < -0.3 is 23.4 Å². The first-order chi connectivity index (χ1) is 14.0. The maximum Gasteiger partial charge on any atom is 0.342 e. The highest BCUT2D eigenvalue weighted by Gasteiger charge is 2.24. The fourth-order valence-corrected chi connectivity index (χ4v) is 2.67. The number of rotatable bonds is 7. The third kappa shape index (κ3) is 4.31. The first-order valence-electron chi connectivity index (χ1n) is 8.88. The second-order valence-corrected chi connectivity index (χ2v) is 6.27. The zero-order valence-corrected chi connectivity index (χ0v) is 16.9. The zero-order chi connectivity index (χ0) is 21.0. The lowest BCUT2D eigenvalue weighted by atomic mass is 10.1. The predicted molar refractivity (Wildman–Crippen MR) is 104 cm³/mol. The molecule has 0 saturated carbocycles. The molecule has 3 rings (SSSR count). The van der Waals surface area contributed by atoms with Crippen LogP contribution in [0.15, 0.2) is 40.8 Å². The van der Waals surface area contributed by atoms with Gasteiger partial charge in [-0.05, 0) is 26.0 Å². The lowest BCUT2D eigenvalue weighted by molar-refractivity contribution is 0.0276. The van der Waals surface area contributed by atoms with Crippen molar-refractivity contribution in [1.29, 1.82) is 0 Å². The van der Waals surface area contributed by atoms with Crippen molar-refractivity contribution in [2.45, 2.75) is 20.0 Å². The Morgan fingerprint density at radius 1 is 0.931 bits per heavy atom. The number of carbonyl (C=O) groups is 1. The first kappa shape index (κ1) is 20.2. The summed E-state index contributed by atoms with van der Waals surface area (Å²) >= 11 is 0. The SMILES string of the molecule is COc1cc(OC)c(C(=O)O[C@@H](C)c2nnc(-c3ccc(C)cc3)o2)cc1OC. The molecule has 1 aromatic heterocycles. The van der Waals surface area contributed by atoms with Gasteiger partial charge in [0.15, 0.2) is 17.6 Å². The van der Waals surface area contributed by atoms with Crippen molar-refractivity contribution >= 4 is 5.97 Å². The number of methoxy groups -OCH3 is 3. The monoisotopic (exact) mass is 398 g/mol. The van der Waals surface area contributed by atoms with Gasteiger partial charge in [-0.1, -0.05) is 17.7 Å². The lowest BCUT2D eigenvalue weighted by Crippen LogP contribution is -2.11. The Kier molecular flexibility index (Phi) is 6.01. The summed E-state index contributed by atoms with van der Waals surface area (Å²) in [6, 6.07) is 10.7. The average molecular weight is 398 g/mol. The molecule has 29 heavy (non-hydrogen) atoms. The smallest absolute Gasteiger partial charge is 0.342 e. The van der Waals surface area contributed by atoms with Gasteiger partial charge in [0.2, 0.25) is 5.89 Å². The van der Waals surface area contributed by atoms with Crippen molar-refractivity contribution in [3.63, 3.8) is 0 Å². The number of hydrogen-bond acceptors (Lipinski definition) is 8. The highest BCUT2D eigenvalue weighted by Crippen LogP contribution is 2.35. The molecule has 0 fully saturated rings. The summed E-state index contributed by atoms with van der Waals surface area (Å²) in [4.78, 5) is 12.7. The molecule has 1 atom stereocenters. The van der Waals surface area contributed by atoms with Crippen LogP contribution in [0.4, 0.5) is 0 Å². The van der Waals surface area contributed by atoms with Crippen LogP contribution >= 0.6 is 0 Å². The van der Waals surface area contributed by atoms with Gasteiger partial charge in [0.1, 0.15) is 11.3 Å². The Bertz CT molecular complexity index is 997. The van der Waals surface area contributed by atoms with Crippen molar-refractivity contribution < 1.29 is 28.2 Å². The van der Waals surface area contributed by atoms with Gasteiger partial charge >= 0.3 is 5.97 Å². The van der Waals surface area contributed by atoms with E-state index in [1.165, 1.54) is 27.4 Å². The normalized spacial score (nSPS) is 11.6. The molecule has 1 heterocycles. The molecule has 0 bridgehead atoms. The molecule has 0 saturated heterocycles. The van der Waals surface area contributed by atoms with Crippen molar-refractivity contribution in [2.24, 2.45) is 0 Å². The highest BCUT2D eigenvalue weighted by molar-refractivity contribution is 5.93. The van der Waals surface area contributed by atoms with E-state index in [1.807, 2.05) is 31.2 Å². The van der Waals surface area contributed by atoms with Crippen LogP contribution in [0.1, 0.15) is 34.8 Å². The highest BCUT2D eigenvalue weighted by atomic mass is 16.6. The van der Waals surface area contributed by atoms with E-state index in [9.17, 15) is 4.79 Å². The molecule has 2 aromatic carbocycles. The topological polar surface area (TPSA) is 92.9 Å². The Balaban J connectivity index is 1.80. The summed E-state index contributed by atoms with van der Waals surface area (Å²) < 4.78 is 26.9. The van der Waals surface area contributed by atoms with Crippen LogP contribution in [-0.2, 0) is 4.74 Å². The summed E-state index contributed by atoms with van der Waals surface area (Å²) in [5.74, 6) is 1.04. The molecule has 0 aliphatic heterocycles. The Hall–Kier alpha value is -3.55. The van der Waals surface area contributed by atoms with Gasteiger partial charge in [-0.25, -0.2) is 4.79 Å².